The summed E-state index contributed by atoms with van der Waals surface area (Å²) >= 11 is 11.7. The van der Waals surface area contributed by atoms with Gasteiger partial charge in [-0.2, -0.15) is 15.0 Å². The number of rotatable bonds is 3. The van der Waals surface area contributed by atoms with Gasteiger partial charge in [0.1, 0.15) is 0 Å². The smallest absolute Gasteiger partial charge is 0.236 e. The summed E-state index contributed by atoms with van der Waals surface area (Å²) in [5, 5.41) is 0.706. The molecule has 0 fully saturated rings. The van der Waals surface area contributed by atoms with Crippen LogP contribution in [-0.4, -0.2) is 21.5 Å². The van der Waals surface area contributed by atoms with E-state index in [2.05, 4.69) is 15.0 Å². The third kappa shape index (κ3) is 2.80. The molecule has 5 nitrogen and oxygen atoms in total. The second-order valence-corrected chi connectivity index (χ2v) is 4.26. The molecule has 18 heavy (non-hydrogen) atoms. The first-order valence-corrected chi connectivity index (χ1v) is 6.06. The van der Waals surface area contributed by atoms with Gasteiger partial charge in [0.15, 0.2) is 0 Å². The first-order valence-electron chi connectivity index (χ1n) is 5.30. The van der Waals surface area contributed by atoms with Gasteiger partial charge in [0.2, 0.25) is 17.2 Å². The maximum atomic E-state index is 5.97. The van der Waals surface area contributed by atoms with Gasteiger partial charge in [0, 0.05) is 17.3 Å². The van der Waals surface area contributed by atoms with Crippen molar-refractivity contribution >= 4 is 40.8 Å². The summed E-state index contributed by atoms with van der Waals surface area (Å²) < 4.78 is 0. The van der Waals surface area contributed by atoms with E-state index in [-0.39, 0.29) is 11.2 Å². The Morgan fingerprint density at radius 1 is 1.22 bits per heavy atom. The van der Waals surface area contributed by atoms with Crippen LogP contribution in [0, 0.1) is 0 Å². The minimum absolute atomic E-state index is 0.0676. The quantitative estimate of drug-likeness (QED) is 0.938. The van der Waals surface area contributed by atoms with E-state index in [0.717, 1.165) is 5.69 Å². The summed E-state index contributed by atoms with van der Waals surface area (Å²) in [7, 11) is 0. The van der Waals surface area contributed by atoms with Gasteiger partial charge >= 0.3 is 0 Å². The molecular weight excluding hydrogens is 273 g/mol. The predicted molar refractivity (Wildman–Crippen MR) is 73.4 cm³/mol. The maximum Gasteiger partial charge on any atom is 0.236 e. The highest BCUT2D eigenvalue weighted by atomic mass is 35.5. The van der Waals surface area contributed by atoms with Crippen molar-refractivity contribution in [2.45, 2.75) is 6.92 Å². The second-order valence-electron chi connectivity index (χ2n) is 3.49. The van der Waals surface area contributed by atoms with Crippen LogP contribution in [0.2, 0.25) is 10.3 Å². The van der Waals surface area contributed by atoms with Crippen LogP contribution in [0.3, 0.4) is 0 Å². The van der Waals surface area contributed by atoms with Gasteiger partial charge in [0.25, 0.3) is 0 Å². The molecule has 0 aliphatic rings. The molecule has 2 N–H and O–H groups in total. The van der Waals surface area contributed by atoms with Gasteiger partial charge in [-0.05, 0) is 36.7 Å². The fraction of sp³-hybridized carbons (Fsp3) is 0.182. The van der Waals surface area contributed by atoms with Crippen LogP contribution in [0.1, 0.15) is 6.92 Å². The van der Waals surface area contributed by atoms with Crippen molar-refractivity contribution in [1.82, 2.24) is 15.0 Å². The van der Waals surface area contributed by atoms with Crippen molar-refractivity contribution in [2.24, 2.45) is 0 Å². The first-order chi connectivity index (χ1) is 8.60. The molecule has 2 aromatic rings. The second kappa shape index (κ2) is 5.37. The average molecular weight is 284 g/mol. The molecule has 0 saturated heterocycles. The van der Waals surface area contributed by atoms with E-state index in [9.17, 15) is 0 Å². The van der Waals surface area contributed by atoms with Crippen molar-refractivity contribution in [3.05, 3.63) is 34.6 Å². The Kier molecular flexibility index (Phi) is 3.84. The third-order valence-electron chi connectivity index (χ3n) is 2.29. The number of aromatic nitrogens is 3. The standard InChI is InChI=1S/C11H11Cl2N5/c1-2-18(8-5-3-4-7(12)6-8)11-16-9(13)15-10(14)17-11/h3-6H,2H2,1H3,(H2,14,15,16,17). The highest BCUT2D eigenvalue weighted by molar-refractivity contribution is 6.30. The van der Waals surface area contributed by atoms with Crippen molar-refractivity contribution < 1.29 is 0 Å². The lowest BCUT2D eigenvalue weighted by atomic mass is 10.3. The maximum absolute atomic E-state index is 5.97. The van der Waals surface area contributed by atoms with Crippen LogP contribution in [0.5, 0.6) is 0 Å². The Balaban J connectivity index is 2.45. The van der Waals surface area contributed by atoms with E-state index in [4.69, 9.17) is 28.9 Å². The van der Waals surface area contributed by atoms with Crippen LogP contribution >= 0.6 is 23.2 Å². The molecule has 0 aliphatic carbocycles. The van der Waals surface area contributed by atoms with Gasteiger partial charge in [0.05, 0.1) is 0 Å². The zero-order valence-electron chi connectivity index (χ0n) is 9.64. The van der Waals surface area contributed by atoms with Crippen molar-refractivity contribution in [3.63, 3.8) is 0 Å². The SMILES string of the molecule is CCN(c1cccc(Cl)c1)c1nc(N)nc(Cl)n1. The van der Waals surface area contributed by atoms with Crippen LogP contribution in [-0.2, 0) is 0 Å². The van der Waals surface area contributed by atoms with Crippen LogP contribution < -0.4 is 10.6 Å². The molecule has 7 heteroatoms. The minimum Gasteiger partial charge on any atom is -0.368 e. The van der Waals surface area contributed by atoms with Crippen molar-refractivity contribution in [2.75, 3.05) is 17.2 Å². The molecule has 0 amide bonds. The fourth-order valence-corrected chi connectivity index (χ4v) is 1.91. The first kappa shape index (κ1) is 12.9. The van der Waals surface area contributed by atoms with Crippen molar-refractivity contribution in [1.29, 1.82) is 0 Å². The van der Waals surface area contributed by atoms with Gasteiger partial charge < -0.3 is 10.6 Å². The van der Waals surface area contributed by atoms with Crippen LogP contribution in [0.4, 0.5) is 17.6 Å². The molecule has 2 rings (SSSR count). The van der Waals surface area contributed by atoms with E-state index in [1.54, 1.807) is 6.07 Å². The topological polar surface area (TPSA) is 67.9 Å². The van der Waals surface area contributed by atoms with E-state index < -0.39 is 0 Å². The van der Waals surface area contributed by atoms with E-state index >= 15 is 0 Å². The number of nitrogens with zero attached hydrogens (tertiary/aromatic N) is 4. The summed E-state index contributed by atoms with van der Waals surface area (Å²) in [6.45, 7) is 2.62. The monoisotopic (exact) mass is 283 g/mol. The molecule has 0 saturated carbocycles. The molecule has 0 spiro atoms. The van der Waals surface area contributed by atoms with E-state index in [1.165, 1.54) is 0 Å². The zero-order chi connectivity index (χ0) is 13.1. The van der Waals surface area contributed by atoms with Gasteiger partial charge in [-0.3, -0.25) is 0 Å². The minimum atomic E-state index is 0.0676. The molecule has 0 unspecified atom stereocenters. The van der Waals surface area contributed by atoms with Gasteiger partial charge in [-0.15, -0.1) is 0 Å². The molecule has 0 aliphatic heterocycles. The molecule has 0 atom stereocenters. The highest BCUT2D eigenvalue weighted by Gasteiger charge is 2.12. The third-order valence-corrected chi connectivity index (χ3v) is 2.70. The number of nitrogens with two attached hydrogens (primary N) is 1. The molecule has 1 heterocycles. The van der Waals surface area contributed by atoms with Gasteiger partial charge in [-0.25, -0.2) is 0 Å². The van der Waals surface area contributed by atoms with Gasteiger partial charge in [-0.1, -0.05) is 17.7 Å². The predicted octanol–water partition coefficient (Wildman–Crippen LogP) is 2.92. The lowest BCUT2D eigenvalue weighted by molar-refractivity contribution is 0.927. The Hall–Kier alpha value is -1.59. The molecular formula is C11H11Cl2N5. The average Bonchev–Trinajstić information content (AvgIpc) is 2.28. The normalized spacial score (nSPS) is 10.4. The molecule has 0 radical (unpaired) electrons. The molecule has 1 aromatic carbocycles. The largest absolute Gasteiger partial charge is 0.368 e. The fourth-order valence-electron chi connectivity index (χ4n) is 1.56. The number of hydrogen-bond donors (Lipinski definition) is 1. The molecule has 1 aromatic heterocycles. The Morgan fingerprint density at radius 3 is 2.61 bits per heavy atom. The van der Waals surface area contributed by atoms with Crippen LogP contribution in [0.15, 0.2) is 24.3 Å². The summed E-state index contributed by atoms with van der Waals surface area (Å²) in [6, 6.07) is 7.38. The summed E-state index contributed by atoms with van der Waals surface area (Å²) in [5.74, 6) is 0.489. The molecule has 0 bridgehead atoms. The van der Waals surface area contributed by atoms with E-state index in [0.29, 0.717) is 17.5 Å². The lowest BCUT2D eigenvalue weighted by Gasteiger charge is -2.21. The van der Waals surface area contributed by atoms with E-state index in [1.807, 2.05) is 30.0 Å². The van der Waals surface area contributed by atoms with Crippen molar-refractivity contribution in [3.8, 4) is 0 Å². The Morgan fingerprint density at radius 2 is 2.00 bits per heavy atom. The Labute approximate surface area is 115 Å². The van der Waals surface area contributed by atoms with Crippen LogP contribution in [0.25, 0.3) is 0 Å². The Bertz CT molecular complexity index is 541. The number of hydrogen-bond acceptors (Lipinski definition) is 5. The summed E-state index contributed by atoms with van der Waals surface area (Å²) in [4.78, 5) is 13.7. The zero-order valence-corrected chi connectivity index (χ0v) is 11.2. The summed E-state index contributed by atoms with van der Waals surface area (Å²) in [6.07, 6.45) is 0. The lowest BCUT2D eigenvalue weighted by Crippen LogP contribution is -2.19. The highest BCUT2D eigenvalue weighted by Crippen LogP contribution is 2.25. The number of halogens is 2. The number of benzene rings is 1. The molecule has 94 valence electrons. The number of anilines is 3. The number of nitrogen functional groups attached to an aromatic ring is 1. The summed E-state index contributed by atoms with van der Waals surface area (Å²) in [5.41, 5.74) is 6.43.